The number of benzene rings is 3. The van der Waals surface area contributed by atoms with E-state index in [0.717, 1.165) is 39.2 Å². The summed E-state index contributed by atoms with van der Waals surface area (Å²) in [4.78, 5) is 18.8. The van der Waals surface area contributed by atoms with Crippen LogP contribution in [0.4, 0.5) is 5.69 Å². The van der Waals surface area contributed by atoms with Crippen molar-refractivity contribution in [3.05, 3.63) is 96.2 Å². The number of hydrogen-bond donors (Lipinski definition) is 1. The summed E-state index contributed by atoms with van der Waals surface area (Å²) in [5, 5.41) is 15.1. The van der Waals surface area contributed by atoms with Crippen molar-refractivity contribution in [3.8, 4) is 17.1 Å². The molecule has 0 fully saturated rings. The third-order valence-corrected chi connectivity index (χ3v) is 5.44. The van der Waals surface area contributed by atoms with Gasteiger partial charge in [-0.15, -0.1) is 10.2 Å². The van der Waals surface area contributed by atoms with E-state index in [9.17, 15) is 4.79 Å². The highest BCUT2D eigenvalue weighted by molar-refractivity contribution is 5.91. The van der Waals surface area contributed by atoms with E-state index in [0.29, 0.717) is 19.0 Å². The molecule has 3 aromatic carbocycles. The Bertz CT molecular complexity index is 1420. The second kappa shape index (κ2) is 9.50. The van der Waals surface area contributed by atoms with E-state index in [4.69, 9.17) is 4.74 Å². The average molecular weight is 451 g/mol. The number of para-hydroxylation sites is 1. The van der Waals surface area contributed by atoms with Crippen molar-refractivity contribution >= 4 is 22.5 Å². The van der Waals surface area contributed by atoms with Crippen LogP contribution in [-0.4, -0.2) is 31.5 Å². The Morgan fingerprint density at radius 1 is 0.971 bits per heavy atom. The molecule has 0 spiro atoms. The maximum Gasteiger partial charge on any atom is 0.224 e. The number of nitrogens with one attached hydrogen (secondary N) is 1. The minimum Gasteiger partial charge on any atom is -0.487 e. The van der Waals surface area contributed by atoms with Gasteiger partial charge in [0, 0.05) is 23.6 Å². The van der Waals surface area contributed by atoms with Crippen molar-refractivity contribution < 1.29 is 9.53 Å². The number of hydrogen-bond acceptors (Lipinski definition) is 6. The number of aromatic amines is 1. The fraction of sp³-hybridized carbons (Fsp3) is 0.115. The van der Waals surface area contributed by atoms with Crippen molar-refractivity contribution in [2.45, 2.75) is 20.1 Å². The molecule has 168 valence electrons. The van der Waals surface area contributed by atoms with Gasteiger partial charge in [-0.2, -0.15) is 5.21 Å². The third-order valence-electron chi connectivity index (χ3n) is 5.44. The first-order chi connectivity index (χ1) is 16.7. The van der Waals surface area contributed by atoms with Crippen LogP contribution in [0.5, 0.6) is 5.75 Å². The first-order valence-corrected chi connectivity index (χ1v) is 10.8. The van der Waals surface area contributed by atoms with Crippen LogP contribution in [0, 0.1) is 0 Å². The first-order valence-electron chi connectivity index (χ1n) is 10.8. The predicted octanol–water partition coefficient (Wildman–Crippen LogP) is 4.55. The number of rotatable bonds is 7. The monoisotopic (exact) mass is 450 g/mol. The number of fused-ring (bicyclic) bond motifs is 1. The van der Waals surface area contributed by atoms with Gasteiger partial charge in [-0.05, 0) is 59.3 Å². The maximum absolute atomic E-state index is 12.4. The highest BCUT2D eigenvalue weighted by atomic mass is 16.5. The van der Waals surface area contributed by atoms with Gasteiger partial charge < -0.3 is 9.64 Å². The molecule has 0 bridgehead atoms. The Labute approximate surface area is 196 Å². The summed E-state index contributed by atoms with van der Waals surface area (Å²) < 4.78 is 6.00. The van der Waals surface area contributed by atoms with E-state index in [-0.39, 0.29) is 5.91 Å². The molecule has 0 atom stereocenters. The number of ether oxygens (including phenoxy) is 1. The van der Waals surface area contributed by atoms with E-state index >= 15 is 0 Å². The van der Waals surface area contributed by atoms with Crippen molar-refractivity contribution in [2.24, 2.45) is 0 Å². The van der Waals surface area contributed by atoms with E-state index < -0.39 is 0 Å². The molecule has 0 unspecified atom stereocenters. The lowest BCUT2D eigenvalue weighted by Crippen LogP contribution is -2.27. The van der Waals surface area contributed by atoms with Crippen LogP contribution in [0.1, 0.15) is 18.2 Å². The van der Waals surface area contributed by atoms with Crippen molar-refractivity contribution in [2.75, 3.05) is 4.90 Å². The second-order valence-electron chi connectivity index (χ2n) is 7.82. The van der Waals surface area contributed by atoms with Crippen LogP contribution < -0.4 is 9.64 Å². The lowest BCUT2D eigenvalue weighted by molar-refractivity contribution is -0.116. The van der Waals surface area contributed by atoms with Crippen LogP contribution in [0.3, 0.4) is 0 Å². The lowest BCUT2D eigenvalue weighted by Gasteiger charge is -2.22. The van der Waals surface area contributed by atoms with Gasteiger partial charge in [0.1, 0.15) is 12.4 Å². The van der Waals surface area contributed by atoms with Crippen molar-refractivity contribution in [1.82, 2.24) is 25.6 Å². The van der Waals surface area contributed by atoms with Crippen LogP contribution >= 0.6 is 0 Å². The van der Waals surface area contributed by atoms with E-state index in [1.54, 1.807) is 11.8 Å². The standard InChI is InChI=1S/C26H22N6O2/c1-18(33)32(23-13-10-21(11-14-23)26-28-30-31-29-26)16-19-5-4-7-24(15-19)34-17-22-12-9-20-6-2-3-8-25(20)27-22/h2-15H,16-17H2,1H3,(H,28,29,30,31). The van der Waals surface area contributed by atoms with Crippen molar-refractivity contribution in [3.63, 3.8) is 0 Å². The molecule has 8 heteroatoms. The third kappa shape index (κ3) is 4.75. The zero-order valence-corrected chi connectivity index (χ0v) is 18.5. The molecule has 0 saturated heterocycles. The normalized spacial score (nSPS) is 10.9. The Kier molecular flexibility index (Phi) is 5.94. The fourth-order valence-electron chi connectivity index (χ4n) is 3.72. The van der Waals surface area contributed by atoms with Gasteiger partial charge in [0.25, 0.3) is 0 Å². The fourth-order valence-corrected chi connectivity index (χ4v) is 3.72. The molecule has 0 radical (unpaired) electrons. The van der Waals surface area contributed by atoms with Crippen LogP contribution in [-0.2, 0) is 17.9 Å². The van der Waals surface area contributed by atoms with E-state index in [1.165, 1.54) is 0 Å². The van der Waals surface area contributed by atoms with Crippen LogP contribution in [0.2, 0.25) is 0 Å². The Balaban J connectivity index is 1.29. The molecule has 8 nitrogen and oxygen atoms in total. The summed E-state index contributed by atoms with van der Waals surface area (Å²) in [6.07, 6.45) is 0. The Morgan fingerprint density at radius 2 is 1.82 bits per heavy atom. The number of carbonyl (C=O) groups excluding carboxylic acids is 1. The van der Waals surface area contributed by atoms with Crippen molar-refractivity contribution in [1.29, 1.82) is 0 Å². The molecule has 5 rings (SSSR count). The highest BCUT2D eigenvalue weighted by Gasteiger charge is 2.14. The summed E-state index contributed by atoms with van der Waals surface area (Å²) in [5.74, 6) is 1.18. The molecule has 1 N–H and O–H groups in total. The number of carbonyl (C=O) groups is 1. The number of pyridine rings is 1. The summed E-state index contributed by atoms with van der Waals surface area (Å²) in [7, 11) is 0. The molecule has 5 aromatic rings. The van der Waals surface area contributed by atoms with E-state index in [1.807, 2.05) is 84.9 Å². The molecule has 34 heavy (non-hydrogen) atoms. The lowest BCUT2D eigenvalue weighted by atomic mass is 10.1. The van der Waals surface area contributed by atoms with Gasteiger partial charge in [0.2, 0.25) is 11.7 Å². The molecule has 0 aliphatic heterocycles. The summed E-state index contributed by atoms with van der Waals surface area (Å²) in [6.45, 7) is 2.34. The number of aromatic nitrogens is 5. The second-order valence-corrected chi connectivity index (χ2v) is 7.82. The van der Waals surface area contributed by atoms with Crippen LogP contribution in [0.15, 0.2) is 84.9 Å². The highest BCUT2D eigenvalue weighted by Crippen LogP contribution is 2.24. The molecule has 1 amide bonds. The topological polar surface area (TPSA) is 96.9 Å². The molecule has 0 saturated carbocycles. The largest absolute Gasteiger partial charge is 0.487 e. The van der Waals surface area contributed by atoms with Gasteiger partial charge in [0.15, 0.2) is 0 Å². The minimum atomic E-state index is -0.0565. The molecule has 2 heterocycles. The first kappa shape index (κ1) is 21.3. The number of H-pyrrole nitrogens is 1. The minimum absolute atomic E-state index is 0.0565. The number of amides is 1. The molecule has 0 aliphatic rings. The molecular weight excluding hydrogens is 428 g/mol. The number of tetrazole rings is 1. The van der Waals surface area contributed by atoms with Gasteiger partial charge >= 0.3 is 0 Å². The van der Waals surface area contributed by atoms with Gasteiger partial charge in [-0.1, -0.05) is 36.4 Å². The maximum atomic E-state index is 12.4. The van der Waals surface area contributed by atoms with Gasteiger partial charge in [0.05, 0.1) is 17.8 Å². The predicted molar refractivity (Wildman–Crippen MR) is 129 cm³/mol. The van der Waals surface area contributed by atoms with E-state index in [2.05, 4.69) is 25.6 Å². The SMILES string of the molecule is CC(=O)N(Cc1cccc(OCc2ccc3ccccc3n2)c1)c1ccc(-c2nn[nH]n2)cc1. The van der Waals surface area contributed by atoms with Crippen LogP contribution in [0.25, 0.3) is 22.3 Å². The quantitative estimate of drug-likeness (QED) is 0.391. The Hall–Kier alpha value is -4.59. The summed E-state index contributed by atoms with van der Waals surface area (Å²) >= 11 is 0. The number of nitrogens with zero attached hydrogens (tertiary/aromatic N) is 5. The zero-order chi connectivity index (χ0) is 23.3. The average Bonchev–Trinajstić information content (AvgIpc) is 3.41. The smallest absolute Gasteiger partial charge is 0.224 e. The number of anilines is 1. The molecule has 2 aromatic heterocycles. The summed E-state index contributed by atoms with van der Waals surface area (Å²) in [6, 6.07) is 27.3. The Morgan fingerprint density at radius 3 is 2.62 bits per heavy atom. The summed E-state index contributed by atoms with van der Waals surface area (Å²) in [5.41, 5.74) is 4.36. The zero-order valence-electron chi connectivity index (χ0n) is 18.5. The van der Waals surface area contributed by atoms with Gasteiger partial charge in [-0.3, -0.25) is 4.79 Å². The van der Waals surface area contributed by atoms with Gasteiger partial charge in [-0.25, -0.2) is 4.98 Å². The molecular formula is C26H22N6O2. The molecule has 0 aliphatic carbocycles.